The van der Waals surface area contributed by atoms with Gasteiger partial charge in [0, 0.05) is 25.7 Å². The van der Waals surface area contributed by atoms with Gasteiger partial charge >= 0.3 is 6.03 Å². The van der Waals surface area contributed by atoms with E-state index in [1.165, 1.54) is 5.56 Å². The molecular weight excluding hydrogens is 292 g/mol. The fraction of sp³-hybridized carbons (Fsp3) is 0.611. The Bertz CT molecular complexity index is 490. The van der Waals surface area contributed by atoms with Crippen LogP contribution in [-0.2, 0) is 6.42 Å². The van der Waals surface area contributed by atoms with E-state index in [0.29, 0.717) is 6.54 Å². The van der Waals surface area contributed by atoms with Crippen LogP contribution < -0.4 is 10.1 Å². The highest BCUT2D eigenvalue weighted by Gasteiger charge is 2.23. The van der Waals surface area contributed by atoms with E-state index in [1.54, 1.807) is 7.11 Å². The summed E-state index contributed by atoms with van der Waals surface area (Å²) in [5.41, 5.74) is 1.24. The third kappa shape index (κ3) is 5.43. The summed E-state index contributed by atoms with van der Waals surface area (Å²) < 4.78 is 5.15. The second-order valence-corrected chi connectivity index (χ2v) is 6.37. The van der Waals surface area contributed by atoms with Gasteiger partial charge in [-0.05, 0) is 56.2 Å². The number of carbonyl (C=O) groups excluding carboxylic acids is 1. The first-order valence-electron chi connectivity index (χ1n) is 8.41. The maximum Gasteiger partial charge on any atom is 0.317 e. The molecule has 2 rings (SSSR count). The lowest BCUT2D eigenvalue weighted by Gasteiger charge is -2.32. The summed E-state index contributed by atoms with van der Waals surface area (Å²) >= 11 is 0. The molecule has 5 heteroatoms. The average molecular weight is 320 g/mol. The van der Waals surface area contributed by atoms with Crippen molar-refractivity contribution in [2.75, 3.05) is 26.8 Å². The molecule has 0 spiro atoms. The normalized spacial score (nSPS) is 19.3. The maximum atomic E-state index is 12.3. The van der Waals surface area contributed by atoms with Crippen LogP contribution in [0.2, 0.25) is 0 Å². The molecule has 1 aliphatic rings. The van der Waals surface area contributed by atoms with E-state index in [1.807, 2.05) is 24.0 Å². The van der Waals surface area contributed by atoms with Crippen LogP contribution >= 0.6 is 0 Å². The first-order chi connectivity index (χ1) is 11.1. The Hall–Kier alpha value is -1.75. The van der Waals surface area contributed by atoms with Gasteiger partial charge in [0.2, 0.25) is 0 Å². The molecule has 0 aromatic heterocycles. The summed E-state index contributed by atoms with van der Waals surface area (Å²) in [6, 6.07) is 8.15. The average Bonchev–Trinajstić information content (AvgIpc) is 2.60. The molecule has 1 aliphatic heterocycles. The summed E-state index contributed by atoms with van der Waals surface area (Å²) in [7, 11) is 1.66. The monoisotopic (exact) mass is 320 g/mol. The van der Waals surface area contributed by atoms with Gasteiger partial charge in [0.1, 0.15) is 5.75 Å². The highest BCUT2D eigenvalue weighted by Crippen LogP contribution is 2.16. The number of aryl methyl sites for hydroxylation is 1. The summed E-state index contributed by atoms with van der Waals surface area (Å²) in [6.07, 6.45) is 3.80. The third-order valence-electron chi connectivity index (χ3n) is 4.46. The molecule has 1 heterocycles. The zero-order valence-corrected chi connectivity index (χ0v) is 14.1. The zero-order chi connectivity index (χ0) is 16.7. The standard InChI is InChI=1S/C18H28N2O3/c1-14(5-6-15-7-9-17(23-2)10-8-15)19-18(22)20-11-3-4-16(12-20)13-21/h7-10,14,16,21H,3-6,11-13H2,1-2H3,(H,19,22). The van der Waals surface area contributed by atoms with Gasteiger partial charge in [-0.1, -0.05) is 12.1 Å². The number of benzene rings is 1. The van der Waals surface area contributed by atoms with Gasteiger partial charge in [0.15, 0.2) is 0 Å². The molecule has 2 N–H and O–H groups in total. The number of hydrogen-bond acceptors (Lipinski definition) is 3. The van der Waals surface area contributed by atoms with E-state index >= 15 is 0 Å². The number of ether oxygens (including phenoxy) is 1. The molecule has 1 saturated heterocycles. The first-order valence-corrected chi connectivity index (χ1v) is 8.41. The molecule has 0 radical (unpaired) electrons. The molecule has 0 saturated carbocycles. The molecule has 2 unspecified atom stereocenters. The van der Waals surface area contributed by atoms with Crippen molar-refractivity contribution in [2.45, 2.75) is 38.6 Å². The molecule has 128 valence electrons. The number of likely N-dealkylation sites (tertiary alicyclic amines) is 1. The topological polar surface area (TPSA) is 61.8 Å². The molecule has 1 fully saturated rings. The third-order valence-corrected chi connectivity index (χ3v) is 4.46. The number of hydrogen-bond donors (Lipinski definition) is 2. The van der Waals surface area contributed by atoms with Crippen LogP contribution in [0.5, 0.6) is 5.75 Å². The van der Waals surface area contributed by atoms with E-state index < -0.39 is 0 Å². The minimum atomic E-state index is -0.00891. The predicted octanol–water partition coefficient (Wildman–Crippen LogP) is 2.43. The SMILES string of the molecule is COc1ccc(CCC(C)NC(=O)N2CCCC(CO)C2)cc1. The van der Waals surface area contributed by atoms with Crippen molar-refractivity contribution < 1.29 is 14.6 Å². The molecule has 0 aliphatic carbocycles. The number of rotatable bonds is 6. The fourth-order valence-corrected chi connectivity index (χ4v) is 2.95. The minimum Gasteiger partial charge on any atom is -0.497 e. The molecule has 1 aromatic rings. The Balaban J connectivity index is 1.74. The molecule has 1 aromatic carbocycles. The summed E-state index contributed by atoms with van der Waals surface area (Å²) in [5, 5.41) is 12.3. The predicted molar refractivity (Wildman–Crippen MR) is 90.7 cm³/mol. The number of methoxy groups -OCH3 is 1. The number of piperidine rings is 1. The van der Waals surface area contributed by atoms with Crippen molar-refractivity contribution in [1.82, 2.24) is 10.2 Å². The minimum absolute atomic E-state index is 0.00891. The number of amides is 2. The highest BCUT2D eigenvalue weighted by molar-refractivity contribution is 5.74. The number of aliphatic hydroxyl groups excluding tert-OH is 1. The summed E-state index contributed by atoms with van der Waals surface area (Å²) in [4.78, 5) is 14.1. The van der Waals surface area contributed by atoms with Crippen molar-refractivity contribution in [3.8, 4) is 5.75 Å². The highest BCUT2D eigenvalue weighted by atomic mass is 16.5. The lowest BCUT2D eigenvalue weighted by Crippen LogP contribution is -2.48. The largest absolute Gasteiger partial charge is 0.497 e. The van der Waals surface area contributed by atoms with Crippen LogP contribution in [0, 0.1) is 5.92 Å². The fourth-order valence-electron chi connectivity index (χ4n) is 2.95. The number of nitrogens with zero attached hydrogens (tertiary/aromatic N) is 1. The number of urea groups is 1. The van der Waals surface area contributed by atoms with Crippen molar-refractivity contribution in [1.29, 1.82) is 0 Å². The van der Waals surface area contributed by atoms with Crippen molar-refractivity contribution in [2.24, 2.45) is 5.92 Å². The van der Waals surface area contributed by atoms with E-state index in [4.69, 9.17) is 4.74 Å². The lowest BCUT2D eigenvalue weighted by molar-refractivity contribution is 0.128. The second kappa shape index (κ2) is 8.77. The van der Waals surface area contributed by atoms with Gasteiger partial charge in [-0.2, -0.15) is 0 Å². The van der Waals surface area contributed by atoms with Crippen LogP contribution in [0.1, 0.15) is 31.7 Å². The molecule has 2 atom stereocenters. The Morgan fingerprint density at radius 1 is 1.43 bits per heavy atom. The van der Waals surface area contributed by atoms with Crippen LogP contribution in [0.15, 0.2) is 24.3 Å². The zero-order valence-electron chi connectivity index (χ0n) is 14.1. The smallest absolute Gasteiger partial charge is 0.317 e. The van der Waals surface area contributed by atoms with Gasteiger partial charge < -0.3 is 20.1 Å². The Kier molecular flexibility index (Phi) is 6.71. The van der Waals surface area contributed by atoms with Gasteiger partial charge in [-0.25, -0.2) is 4.79 Å². The lowest BCUT2D eigenvalue weighted by atomic mass is 9.99. The summed E-state index contributed by atoms with van der Waals surface area (Å²) in [6.45, 7) is 3.65. The van der Waals surface area contributed by atoms with Gasteiger partial charge in [0.25, 0.3) is 0 Å². The first kappa shape index (κ1) is 17.6. The molecule has 0 bridgehead atoms. The van der Waals surface area contributed by atoms with Gasteiger partial charge in [-0.3, -0.25) is 0 Å². The molecule has 23 heavy (non-hydrogen) atoms. The van der Waals surface area contributed by atoms with Crippen molar-refractivity contribution >= 4 is 6.03 Å². The van der Waals surface area contributed by atoms with E-state index in [-0.39, 0.29) is 24.6 Å². The van der Waals surface area contributed by atoms with Crippen molar-refractivity contribution in [3.63, 3.8) is 0 Å². The van der Waals surface area contributed by atoms with Crippen LogP contribution in [0.3, 0.4) is 0 Å². The van der Waals surface area contributed by atoms with Crippen molar-refractivity contribution in [3.05, 3.63) is 29.8 Å². The van der Waals surface area contributed by atoms with Gasteiger partial charge in [-0.15, -0.1) is 0 Å². The Labute approximate surface area is 138 Å². The maximum absolute atomic E-state index is 12.3. The van der Waals surface area contributed by atoms with E-state index in [0.717, 1.165) is 38.0 Å². The van der Waals surface area contributed by atoms with Crippen LogP contribution in [0.25, 0.3) is 0 Å². The second-order valence-electron chi connectivity index (χ2n) is 6.37. The molecule has 2 amide bonds. The number of nitrogens with one attached hydrogen (secondary N) is 1. The quantitative estimate of drug-likeness (QED) is 0.846. The van der Waals surface area contributed by atoms with Gasteiger partial charge in [0.05, 0.1) is 7.11 Å². The summed E-state index contributed by atoms with van der Waals surface area (Å²) in [5.74, 6) is 1.09. The van der Waals surface area contributed by atoms with E-state index in [9.17, 15) is 9.90 Å². The van der Waals surface area contributed by atoms with Crippen LogP contribution in [0.4, 0.5) is 4.79 Å². The Morgan fingerprint density at radius 2 is 2.17 bits per heavy atom. The number of carbonyl (C=O) groups is 1. The van der Waals surface area contributed by atoms with E-state index in [2.05, 4.69) is 17.4 Å². The molecule has 5 nitrogen and oxygen atoms in total. The van der Waals surface area contributed by atoms with Crippen LogP contribution in [-0.4, -0.2) is 48.9 Å². The number of aliphatic hydroxyl groups is 1. The Morgan fingerprint density at radius 3 is 2.83 bits per heavy atom. The molecular formula is C18H28N2O3.